The van der Waals surface area contributed by atoms with Crippen LogP contribution in [-0.4, -0.2) is 18.3 Å². The van der Waals surface area contributed by atoms with Gasteiger partial charge in [-0.2, -0.15) is 8.78 Å². The van der Waals surface area contributed by atoms with E-state index in [2.05, 4.69) is 26.0 Å². The zero-order valence-electron chi connectivity index (χ0n) is 12.0. The Bertz CT molecular complexity index is 638. The average Bonchev–Trinajstić information content (AvgIpc) is 2.50. The molecule has 0 aromatic heterocycles. The number of rotatable bonds is 7. The van der Waals surface area contributed by atoms with Crippen molar-refractivity contribution in [1.82, 2.24) is 5.32 Å². The minimum atomic E-state index is -2.90. The van der Waals surface area contributed by atoms with Gasteiger partial charge in [-0.3, -0.25) is 0 Å². The molecule has 0 bridgehead atoms. The fraction of sp³-hybridized carbons (Fsp3) is 0.250. The van der Waals surface area contributed by atoms with Gasteiger partial charge in [0, 0.05) is 23.1 Å². The van der Waals surface area contributed by atoms with Crippen LogP contribution in [0.15, 0.2) is 46.9 Å². The molecule has 0 heterocycles. The van der Waals surface area contributed by atoms with Crippen LogP contribution in [0, 0.1) is 5.82 Å². The van der Waals surface area contributed by atoms with Crippen LogP contribution in [0.3, 0.4) is 0 Å². The van der Waals surface area contributed by atoms with Crippen molar-refractivity contribution < 1.29 is 23.0 Å². The molecule has 3 nitrogen and oxygen atoms in total. The number of aliphatic hydroxyl groups is 1. The molecule has 0 saturated heterocycles. The van der Waals surface area contributed by atoms with Gasteiger partial charge in [-0.1, -0.05) is 28.1 Å². The second-order valence-corrected chi connectivity index (χ2v) is 5.74. The first-order chi connectivity index (χ1) is 11.0. The molecule has 2 aromatic carbocycles. The topological polar surface area (TPSA) is 41.5 Å². The molecule has 0 spiro atoms. The first-order valence-corrected chi connectivity index (χ1v) is 7.62. The first kappa shape index (κ1) is 17.8. The normalized spacial score (nSPS) is 12.4. The Labute approximate surface area is 140 Å². The lowest BCUT2D eigenvalue weighted by Crippen LogP contribution is -2.21. The molecular formula is C16H15BrF3NO2. The maximum absolute atomic E-state index is 12.8. The van der Waals surface area contributed by atoms with E-state index in [9.17, 15) is 18.3 Å². The molecule has 0 amide bonds. The van der Waals surface area contributed by atoms with Crippen molar-refractivity contribution in [3.8, 4) is 5.75 Å². The van der Waals surface area contributed by atoms with Crippen molar-refractivity contribution in [2.24, 2.45) is 0 Å². The number of halogens is 4. The van der Waals surface area contributed by atoms with E-state index in [1.807, 2.05) is 0 Å². The Balaban J connectivity index is 1.95. The van der Waals surface area contributed by atoms with Gasteiger partial charge in [0.2, 0.25) is 0 Å². The third kappa shape index (κ3) is 5.53. The summed E-state index contributed by atoms with van der Waals surface area (Å²) in [6, 6.07) is 10.2. The number of nitrogens with one attached hydrogen (secondary N) is 1. The van der Waals surface area contributed by atoms with Gasteiger partial charge in [0.15, 0.2) is 0 Å². The molecule has 2 aromatic rings. The van der Waals surface area contributed by atoms with Crippen molar-refractivity contribution in [1.29, 1.82) is 0 Å². The summed E-state index contributed by atoms with van der Waals surface area (Å²) in [5.74, 6) is -0.302. The summed E-state index contributed by atoms with van der Waals surface area (Å²) in [5, 5.41) is 13.0. The molecule has 124 valence electrons. The Morgan fingerprint density at radius 2 is 1.83 bits per heavy atom. The van der Waals surface area contributed by atoms with Crippen LogP contribution in [0.5, 0.6) is 5.75 Å². The lowest BCUT2D eigenvalue weighted by Gasteiger charge is -2.15. The third-order valence-electron chi connectivity index (χ3n) is 3.15. The maximum atomic E-state index is 12.8. The van der Waals surface area contributed by atoms with Gasteiger partial charge < -0.3 is 15.2 Å². The molecule has 0 aliphatic rings. The van der Waals surface area contributed by atoms with Crippen LogP contribution in [0.25, 0.3) is 0 Å². The fourth-order valence-electron chi connectivity index (χ4n) is 2.04. The number of hydrogen-bond donors (Lipinski definition) is 2. The van der Waals surface area contributed by atoms with E-state index in [1.165, 1.54) is 30.3 Å². The SMILES string of the molecule is OC(CNCc1cc(Br)ccc1OC(F)F)c1ccc(F)cc1. The molecule has 7 heteroatoms. The predicted molar refractivity (Wildman–Crippen MR) is 83.8 cm³/mol. The summed E-state index contributed by atoms with van der Waals surface area (Å²) < 4.78 is 42.8. The van der Waals surface area contributed by atoms with Crippen molar-refractivity contribution >= 4 is 15.9 Å². The monoisotopic (exact) mass is 389 g/mol. The minimum absolute atomic E-state index is 0.0759. The van der Waals surface area contributed by atoms with E-state index in [0.717, 1.165) is 4.47 Å². The number of benzene rings is 2. The zero-order valence-corrected chi connectivity index (χ0v) is 13.6. The Morgan fingerprint density at radius 3 is 2.48 bits per heavy atom. The number of alkyl halides is 2. The molecule has 2 N–H and O–H groups in total. The highest BCUT2D eigenvalue weighted by Gasteiger charge is 2.12. The van der Waals surface area contributed by atoms with E-state index < -0.39 is 12.7 Å². The van der Waals surface area contributed by atoms with Gasteiger partial charge in [0.1, 0.15) is 11.6 Å². The summed E-state index contributed by atoms with van der Waals surface area (Å²) in [4.78, 5) is 0. The molecule has 0 radical (unpaired) electrons. The second-order valence-electron chi connectivity index (χ2n) is 4.83. The van der Waals surface area contributed by atoms with E-state index in [0.29, 0.717) is 11.1 Å². The highest BCUT2D eigenvalue weighted by atomic mass is 79.9. The van der Waals surface area contributed by atoms with Crippen molar-refractivity contribution in [2.75, 3.05) is 6.54 Å². The summed E-state index contributed by atoms with van der Waals surface area (Å²) in [6.07, 6.45) is -0.831. The highest BCUT2D eigenvalue weighted by Crippen LogP contribution is 2.25. The quantitative estimate of drug-likeness (QED) is 0.751. The predicted octanol–water partition coefficient (Wildman–Crippen LogP) is 4.01. The summed E-state index contributed by atoms with van der Waals surface area (Å²) >= 11 is 3.27. The largest absolute Gasteiger partial charge is 0.434 e. The Morgan fingerprint density at radius 1 is 1.13 bits per heavy atom. The number of ether oxygens (including phenoxy) is 1. The summed E-state index contributed by atoms with van der Waals surface area (Å²) in [7, 11) is 0. The molecule has 0 fully saturated rings. The Hall–Kier alpha value is -1.57. The molecule has 1 unspecified atom stereocenters. The van der Waals surface area contributed by atoms with E-state index in [-0.39, 0.29) is 24.7 Å². The lowest BCUT2D eigenvalue weighted by atomic mass is 10.1. The minimum Gasteiger partial charge on any atom is -0.434 e. The van der Waals surface area contributed by atoms with E-state index >= 15 is 0 Å². The molecule has 0 aliphatic heterocycles. The van der Waals surface area contributed by atoms with Gasteiger partial charge in [-0.25, -0.2) is 4.39 Å². The lowest BCUT2D eigenvalue weighted by molar-refractivity contribution is -0.0505. The van der Waals surface area contributed by atoms with Crippen molar-refractivity contribution in [3.63, 3.8) is 0 Å². The second kappa shape index (κ2) is 8.33. The molecule has 2 rings (SSSR count). The van der Waals surface area contributed by atoms with E-state index in [4.69, 9.17) is 0 Å². The molecule has 0 saturated carbocycles. The van der Waals surface area contributed by atoms with Crippen LogP contribution in [0.2, 0.25) is 0 Å². The van der Waals surface area contributed by atoms with Crippen LogP contribution >= 0.6 is 15.9 Å². The van der Waals surface area contributed by atoms with E-state index in [1.54, 1.807) is 12.1 Å². The first-order valence-electron chi connectivity index (χ1n) is 6.83. The van der Waals surface area contributed by atoms with Gasteiger partial charge >= 0.3 is 6.61 Å². The summed E-state index contributed by atoms with van der Waals surface area (Å²) in [5.41, 5.74) is 1.10. The molecule has 23 heavy (non-hydrogen) atoms. The van der Waals surface area contributed by atoms with Gasteiger partial charge in [0.25, 0.3) is 0 Å². The van der Waals surface area contributed by atoms with Crippen molar-refractivity contribution in [3.05, 3.63) is 63.9 Å². The number of hydrogen-bond acceptors (Lipinski definition) is 3. The van der Waals surface area contributed by atoms with Gasteiger partial charge in [0.05, 0.1) is 6.10 Å². The Kier molecular flexibility index (Phi) is 6.44. The third-order valence-corrected chi connectivity index (χ3v) is 3.64. The van der Waals surface area contributed by atoms with Crippen LogP contribution < -0.4 is 10.1 Å². The smallest absolute Gasteiger partial charge is 0.387 e. The average molecular weight is 390 g/mol. The zero-order chi connectivity index (χ0) is 16.8. The van der Waals surface area contributed by atoms with Gasteiger partial charge in [-0.15, -0.1) is 0 Å². The number of aliphatic hydroxyl groups excluding tert-OH is 1. The van der Waals surface area contributed by atoms with Gasteiger partial charge in [-0.05, 0) is 35.9 Å². The van der Waals surface area contributed by atoms with Crippen molar-refractivity contribution in [2.45, 2.75) is 19.3 Å². The standard InChI is InChI=1S/C16H15BrF3NO2/c17-12-3-6-15(23-16(19)20)11(7-12)8-21-9-14(22)10-1-4-13(18)5-2-10/h1-7,14,16,21-22H,8-9H2. The van der Waals surface area contributed by atoms with Crippen LogP contribution in [0.4, 0.5) is 13.2 Å². The maximum Gasteiger partial charge on any atom is 0.387 e. The molecular weight excluding hydrogens is 375 g/mol. The summed E-state index contributed by atoms with van der Waals surface area (Å²) in [6.45, 7) is -2.48. The van der Waals surface area contributed by atoms with Crippen LogP contribution in [-0.2, 0) is 6.54 Å². The molecule has 1 atom stereocenters. The fourth-order valence-corrected chi connectivity index (χ4v) is 2.45. The highest BCUT2D eigenvalue weighted by molar-refractivity contribution is 9.10. The molecule has 0 aliphatic carbocycles. The van der Waals surface area contributed by atoms with Crippen LogP contribution in [0.1, 0.15) is 17.2 Å².